The number of non-ortho nitro benzene ring substituents is 1. The van der Waals surface area contributed by atoms with Gasteiger partial charge < -0.3 is 9.69 Å². The molecule has 0 N–H and O–H groups in total. The van der Waals surface area contributed by atoms with Gasteiger partial charge in [0.15, 0.2) is 0 Å². The number of anilines is 1. The van der Waals surface area contributed by atoms with Crippen molar-refractivity contribution < 1.29 is 14.1 Å². The number of piperazine rings is 1. The van der Waals surface area contributed by atoms with E-state index in [0.29, 0.717) is 37.1 Å². The molecule has 0 aliphatic carbocycles. The Morgan fingerprint density at radius 2 is 1.86 bits per heavy atom. The average molecular weight is 397 g/mol. The molecular weight excluding hydrogens is 377 g/mol. The molecule has 150 valence electrons. The van der Waals surface area contributed by atoms with Crippen molar-refractivity contribution >= 4 is 28.6 Å². The largest absolute Gasteiger partial charge is 0.369 e. The van der Waals surface area contributed by atoms with Crippen LogP contribution in [0.15, 0.2) is 48.7 Å². The fraction of sp³-hybridized carbons (Fsp3) is 0.300. The monoisotopic (exact) mass is 397 g/mol. The Hall–Kier alpha value is -3.33. The normalized spacial score (nSPS) is 16.1. The van der Waals surface area contributed by atoms with Crippen molar-refractivity contribution in [1.29, 1.82) is 0 Å². The Balaban J connectivity index is 1.48. The molecule has 2 aromatic carbocycles. The highest BCUT2D eigenvalue weighted by molar-refractivity contribution is 5.87. The van der Waals surface area contributed by atoms with Gasteiger partial charge in [0.1, 0.15) is 17.6 Å². The number of benzene rings is 2. The molecule has 1 aromatic heterocycles. The number of aromatic nitrogens is 2. The third-order valence-electron chi connectivity index (χ3n) is 5.33. The number of carbonyl (C=O) groups excluding carboxylic acids is 1. The Morgan fingerprint density at radius 3 is 2.52 bits per heavy atom. The Morgan fingerprint density at radius 1 is 1.14 bits per heavy atom. The molecule has 0 bridgehead atoms. The Kier molecular flexibility index (Phi) is 5.22. The maximum atomic E-state index is 13.1. The van der Waals surface area contributed by atoms with E-state index >= 15 is 0 Å². The van der Waals surface area contributed by atoms with Crippen LogP contribution in [0.2, 0.25) is 0 Å². The summed E-state index contributed by atoms with van der Waals surface area (Å²) in [4.78, 5) is 26.9. The van der Waals surface area contributed by atoms with Gasteiger partial charge in [-0.25, -0.2) is 4.39 Å². The number of carbonyl (C=O) groups is 1. The number of nitrogens with zero attached hydrogens (tertiary/aromatic N) is 5. The van der Waals surface area contributed by atoms with Gasteiger partial charge >= 0.3 is 0 Å². The first kappa shape index (κ1) is 19.0. The van der Waals surface area contributed by atoms with Gasteiger partial charge in [0.05, 0.1) is 23.7 Å². The van der Waals surface area contributed by atoms with E-state index in [0.717, 1.165) is 12.0 Å². The minimum absolute atomic E-state index is 0.0224. The number of fused-ring (bicyclic) bond motifs is 1. The predicted molar refractivity (Wildman–Crippen MR) is 106 cm³/mol. The molecule has 0 saturated carbocycles. The number of aldehydes is 1. The van der Waals surface area contributed by atoms with Gasteiger partial charge in [-0.05, 0) is 24.3 Å². The molecule has 1 atom stereocenters. The second kappa shape index (κ2) is 7.96. The topological polar surface area (TPSA) is 84.5 Å². The highest BCUT2D eigenvalue weighted by Gasteiger charge is 2.26. The van der Waals surface area contributed by atoms with Crippen LogP contribution in [0.4, 0.5) is 15.8 Å². The third kappa shape index (κ3) is 3.81. The molecule has 0 amide bonds. The zero-order chi connectivity index (χ0) is 20.4. The van der Waals surface area contributed by atoms with Crippen LogP contribution in [0.1, 0.15) is 0 Å². The van der Waals surface area contributed by atoms with Gasteiger partial charge in [0, 0.05) is 43.3 Å². The predicted octanol–water partition coefficient (Wildman–Crippen LogP) is 2.47. The fourth-order valence-corrected chi connectivity index (χ4v) is 3.79. The lowest BCUT2D eigenvalue weighted by molar-refractivity contribution is -0.383. The minimum atomic E-state index is -0.437. The van der Waals surface area contributed by atoms with Crippen molar-refractivity contribution in [2.24, 2.45) is 0 Å². The van der Waals surface area contributed by atoms with Crippen molar-refractivity contribution in [1.82, 2.24) is 14.7 Å². The first-order chi connectivity index (χ1) is 14.1. The molecule has 1 aliphatic heterocycles. The standard InChI is InChI=1S/C20H20FN5O3/c21-16-4-6-17(7-5-16)23-8-10-24(11-9-23)18(14-27)13-25-20-15(12-22-25)2-1-3-19(20)26(28)29/h1-7,12,14,18H,8-11,13H2. The summed E-state index contributed by atoms with van der Waals surface area (Å²) < 4.78 is 14.7. The van der Waals surface area contributed by atoms with Gasteiger partial charge in [-0.2, -0.15) is 5.10 Å². The van der Waals surface area contributed by atoms with E-state index in [1.54, 1.807) is 35.1 Å². The zero-order valence-electron chi connectivity index (χ0n) is 15.6. The summed E-state index contributed by atoms with van der Waals surface area (Å²) in [7, 11) is 0. The van der Waals surface area contributed by atoms with Gasteiger partial charge in [-0.15, -0.1) is 0 Å². The summed E-state index contributed by atoms with van der Waals surface area (Å²) in [6, 6.07) is 10.8. The maximum Gasteiger partial charge on any atom is 0.295 e. The molecule has 1 saturated heterocycles. The van der Waals surface area contributed by atoms with Crippen molar-refractivity contribution in [3.05, 3.63) is 64.6 Å². The number of halogens is 1. The summed E-state index contributed by atoms with van der Waals surface area (Å²) in [6.45, 7) is 2.96. The Labute approximate surface area is 166 Å². The van der Waals surface area contributed by atoms with E-state index in [1.807, 2.05) is 0 Å². The molecule has 0 radical (unpaired) electrons. The van der Waals surface area contributed by atoms with Crippen LogP contribution < -0.4 is 4.90 Å². The van der Waals surface area contributed by atoms with E-state index in [4.69, 9.17) is 0 Å². The number of rotatable bonds is 6. The number of hydrogen-bond donors (Lipinski definition) is 0. The van der Waals surface area contributed by atoms with Crippen LogP contribution in [0.5, 0.6) is 0 Å². The fourth-order valence-electron chi connectivity index (χ4n) is 3.79. The van der Waals surface area contributed by atoms with Crippen LogP contribution >= 0.6 is 0 Å². The van der Waals surface area contributed by atoms with Crippen molar-refractivity contribution in [2.75, 3.05) is 31.1 Å². The van der Waals surface area contributed by atoms with Crippen LogP contribution in [0.25, 0.3) is 10.9 Å². The third-order valence-corrected chi connectivity index (χ3v) is 5.33. The van der Waals surface area contributed by atoms with E-state index in [9.17, 15) is 19.3 Å². The average Bonchev–Trinajstić information content (AvgIpc) is 3.15. The molecule has 1 aliphatic rings. The Bertz CT molecular complexity index is 1030. The lowest BCUT2D eigenvalue weighted by atomic mass is 10.2. The molecular formula is C20H20FN5O3. The summed E-state index contributed by atoms with van der Waals surface area (Å²) >= 11 is 0. The SMILES string of the molecule is O=CC(Cn1ncc2cccc([N+](=O)[O-])c21)N1CCN(c2ccc(F)cc2)CC1. The first-order valence-electron chi connectivity index (χ1n) is 9.35. The molecule has 1 fully saturated rings. The van der Waals surface area contributed by atoms with E-state index in [-0.39, 0.29) is 18.0 Å². The van der Waals surface area contributed by atoms with E-state index in [2.05, 4.69) is 14.9 Å². The van der Waals surface area contributed by atoms with E-state index in [1.165, 1.54) is 18.2 Å². The second-order valence-electron chi connectivity index (χ2n) is 7.00. The number of nitro groups is 1. The smallest absolute Gasteiger partial charge is 0.295 e. The van der Waals surface area contributed by atoms with Crippen LogP contribution in [-0.2, 0) is 11.3 Å². The highest BCUT2D eigenvalue weighted by atomic mass is 19.1. The molecule has 2 heterocycles. The summed E-state index contributed by atoms with van der Waals surface area (Å²) in [5.41, 5.74) is 1.35. The minimum Gasteiger partial charge on any atom is -0.369 e. The first-order valence-corrected chi connectivity index (χ1v) is 9.35. The van der Waals surface area contributed by atoms with E-state index < -0.39 is 11.0 Å². The molecule has 29 heavy (non-hydrogen) atoms. The molecule has 1 unspecified atom stereocenters. The molecule has 3 aromatic rings. The lowest BCUT2D eigenvalue weighted by Gasteiger charge is -2.38. The molecule has 0 spiro atoms. The summed E-state index contributed by atoms with van der Waals surface area (Å²) in [5, 5.41) is 16.3. The number of para-hydroxylation sites is 1. The quantitative estimate of drug-likeness (QED) is 0.361. The second-order valence-corrected chi connectivity index (χ2v) is 7.00. The van der Waals surface area contributed by atoms with Gasteiger partial charge in [0.25, 0.3) is 5.69 Å². The van der Waals surface area contributed by atoms with Crippen LogP contribution in [0, 0.1) is 15.9 Å². The molecule has 8 nitrogen and oxygen atoms in total. The lowest BCUT2D eigenvalue weighted by Crippen LogP contribution is -2.52. The highest BCUT2D eigenvalue weighted by Crippen LogP contribution is 2.26. The van der Waals surface area contributed by atoms with Crippen molar-refractivity contribution in [3.8, 4) is 0 Å². The number of nitro benzene ring substituents is 1. The summed E-state index contributed by atoms with van der Waals surface area (Å²) in [6.07, 6.45) is 2.45. The zero-order valence-corrected chi connectivity index (χ0v) is 15.6. The van der Waals surface area contributed by atoms with Gasteiger partial charge in [-0.3, -0.25) is 19.7 Å². The maximum absolute atomic E-state index is 13.1. The summed E-state index contributed by atoms with van der Waals surface area (Å²) in [5.74, 6) is -0.269. The van der Waals surface area contributed by atoms with Gasteiger partial charge in [0.2, 0.25) is 0 Å². The van der Waals surface area contributed by atoms with Crippen LogP contribution in [-0.4, -0.2) is 58.1 Å². The van der Waals surface area contributed by atoms with Crippen LogP contribution in [0.3, 0.4) is 0 Å². The number of hydrogen-bond acceptors (Lipinski definition) is 6. The molecule has 9 heteroatoms. The molecule has 4 rings (SSSR count). The van der Waals surface area contributed by atoms with Crippen molar-refractivity contribution in [2.45, 2.75) is 12.6 Å². The van der Waals surface area contributed by atoms with Crippen molar-refractivity contribution in [3.63, 3.8) is 0 Å². The van der Waals surface area contributed by atoms with Gasteiger partial charge in [-0.1, -0.05) is 12.1 Å².